The molecular formula is C14H16FN3O2. The van der Waals surface area contributed by atoms with Crippen molar-refractivity contribution in [3.05, 3.63) is 59.3 Å². The second-order valence-corrected chi connectivity index (χ2v) is 4.53. The number of hydrazine groups is 1. The number of carbonyl (C=O) groups is 1. The van der Waals surface area contributed by atoms with Crippen LogP contribution in [-0.2, 0) is 13.1 Å². The second kappa shape index (κ2) is 6.31. The van der Waals surface area contributed by atoms with Gasteiger partial charge in [0, 0.05) is 6.54 Å². The number of halogens is 1. The molecule has 0 unspecified atom stereocenters. The summed E-state index contributed by atoms with van der Waals surface area (Å²) in [5, 5.41) is 0. The van der Waals surface area contributed by atoms with Gasteiger partial charge in [0.05, 0.1) is 18.4 Å². The molecule has 0 spiro atoms. The molecule has 2 aromatic rings. The fourth-order valence-corrected chi connectivity index (χ4v) is 1.99. The molecule has 1 aromatic carbocycles. The van der Waals surface area contributed by atoms with Gasteiger partial charge < -0.3 is 4.42 Å². The number of nitrogens with two attached hydrogens (primary N) is 1. The first-order valence-corrected chi connectivity index (χ1v) is 6.10. The topological polar surface area (TPSA) is 71.5 Å². The Balaban J connectivity index is 2.03. The summed E-state index contributed by atoms with van der Waals surface area (Å²) in [6, 6.07) is 7.95. The number of rotatable bonds is 5. The van der Waals surface area contributed by atoms with E-state index < -0.39 is 5.91 Å². The highest BCUT2D eigenvalue weighted by atomic mass is 19.1. The summed E-state index contributed by atoms with van der Waals surface area (Å²) in [5.41, 5.74) is 3.32. The van der Waals surface area contributed by atoms with E-state index in [9.17, 15) is 9.18 Å². The molecule has 0 saturated heterocycles. The van der Waals surface area contributed by atoms with Crippen LogP contribution >= 0.6 is 0 Å². The van der Waals surface area contributed by atoms with E-state index in [4.69, 9.17) is 10.3 Å². The summed E-state index contributed by atoms with van der Waals surface area (Å²) >= 11 is 0. The third-order valence-electron chi connectivity index (χ3n) is 2.88. The van der Waals surface area contributed by atoms with E-state index in [2.05, 4.69) is 5.43 Å². The van der Waals surface area contributed by atoms with Gasteiger partial charge in [-0.3, -0.25) is 15.1 Å². The van der Waals surface area contributed by atoms with Gasteiger partial charge in [-0.05, 0) is 30.8 Å². The van der Waals surface area contributed by atoms with Gasteiger partial charge in [-0.15, -0.1) is 0 Å². The maximum atomic E-state index is 13.1. The molecule has 6 heteroatoms. The zero-order valence-electron chi connectivity index (χ0n) is 11.1. The molecular weight excluding hydrogens is 261 g/mol. The summed E-state index contributed by atoms with van der Waals surface area (Å²) < 4.78 is 18.4. The molecule has 1 heterocycles. The number of hydrogen-bond donors (Lipinski definition) is 2. The van der Waals surface area contributed by atoms with Crippen LogP contribution in [-0.4, -0.2) is 17.9 Å². The Bertz CT molecular complexity index is 598. The Hall–Kier alpha value is -2.18. The van der Waals surface area contributed by atoms with Gasteiger partial charge in [0.15, 0.2) is 0 Å². The molecule has 0 fully saturated rings. The largest absolute Gasteiger partial charge is 0.467 e. The van der Waals surface area contributed by atoms with Crippen molar-refractivity contribution >= 4 is 5.91 Å². The van der Waals surface area contributed by atoms with E-state index in [1.54, 1.807) is 12.1 Å². The van der Waals surface area contributed by atoms with Gasteiger partial charge in [-0.1, -0.05) is 12.1 Å². The molecule has 20 heavy (non-hydrogen) atoms. The van der Waals surface area contributed by atoms with Crippen molar-refractivity contribution in [2.24, 2.45) is 5.84 Å². The SMILES string of the molecule is CN(Cc1cccc(F)c1)Cc1occc1C(=O)NN. The molecule has 2 rings (SSSR count). The predicted octanol–water partition coefficient (Wildman–Crippen LogP) is 1.65. The molecule has 3 N–H and O–H groups in total. The van der Waals surface area contributed by atoms with Crippen LogP contribution in [0.3, 0.4) is 0 Å². The molecule has 0 aliphatic heterocycles. The highest BCUT2D eigenvalue weighted by Crippen LogP contribution is 2.14. The minimum Gasteiger partial charge on any atom is -0.467 e. The second-order valence-electron chi connectivity index (χ2n) is 4.53. The number of nitrogens with zero attached hydrogens (tertiary/aromatic N) is 1. The van der Waals surface area contributed by atoms with Gasteiger partial charge in [0.1, 0.15) is 11.6 Å². The van der Waals surface area contributed by atoms with Crippen molar-refractivity contribution in [2.45, 2.75) is 13.1 Å². The Morgan fingerprint density at radius 3 is 2.90 bits per heavy atom. The van der Waals surface area contributed by atoms with E-state index in [1.807, 2.05) is 18.0 Å². The quantitative estimate of drug-likeness (QED) is 0.495. The monoisotopic (exact) mass is 277 g/mol. The minimum absolute atomic E-state index is 0.267. The summed E-state index contributed by atoms with van der Waals surface area (Å²) in [4.78, 5) is 13.4. The van der Waals surface area contributed by atoms with E-state index in [-0.39, 0.29) is 5.82 Å². The fraction of sp³-hybridized carbons (Fsp3) is 0.214. The van der Waals surface area contributed by atoms with E-state index in [0.29, 0.717) is 24.4 Å². The minimum atomic E-state index is -0.395. The Labute approximate surface area is 116 Å². The standard InChI is InChI=1S/C14H16FN3O2/c1-18(8-10-3-2-4-11(15)7-10)9-13-12(5-6-20-13)14(19)17-16/h2-7H,8-9,16H2,1H3,(H,17,19). The van der Waals surface area contributed by atoms with Crippen LogP contribution in [0.2, 0.25) is 0 Å². The summed E-state index contributed by atoms with van der Waals surface area (Å²) in [7, 11) is 1.86. The van der Waals surface area contributed by atoms with E-state index in [1.165, 1.54) is 18.4 Å². The van der Waals surface area contributed by atoms with Crippen molar-refractivity contribution in [2.75, 3.05) is 7.05 Å². The maximum Gasteiger partial charge on any atom is 0.268 e. The first-order valence-electron chi connectivity index (χ1n) is 6.10. The molecule has 0 aliphatic carbocycles. The van der Waals surface area contributed by atoms with Crippen LogP contribution in [0, 0.1) is 5.82 Å². The molecule has 0 saturated carbocycles. The van der Waals surface area contributed by atoms with Crippen molar-refractivity contribution < 1.29 is 13.6 Å². The molecule has 0 radical (unpaired) electrons. The number of hydrogen-bond acceptors (Lipinski definition) is 4. The van der Waals surface area contributed by atoms with Crippen LogP contribution in [0.25, 0.3) is 0 Å². The number of furan rings is 1. The van der Waals surface area contributed by atoms with Gasteiger partial charge in [0.25, 0.3) is 5.91 Å². The summed E-state index contributed by atoms with van der Waals surface area (Å²) in [5.74, 6) is 4.96. The predicted molar refractivity (Wildman–Crippen MR) is 71.9 cm³/mol. The van der Waals surface area contributed by atoms with Crippen molar-refractivity contribution in [1.82, 2.24) is 10.3 Å². The number of benzene rings is 1. The van der Waals surface area contributed by atoms with Gasteiger partial charge >= 0.3 is 0 Å². The smallest absolute Gasteiger partial charge is 0.268 e. The molecule has 0 bridgehead atoms. The van der Waals surface area contributed by atoms with E-state index in [0.717, 1.165) is 5.56 Å². The molecule has 0 atom stereocenters. The van der Waals surface area contributed by atoms with Crippen LogP contribution in [0.15, 0.2) is 41.0 Å². The first kappa shape index (κ1) is 14.2. The van der Waals surface area contributed by atoms with Crippen molar-refractivity contribution in [3.8, 4) is 0 Å². The van der Waals surface area contributed by atoms with Crippen LogP contribution in [0.4, 0.5) is 4.39 Å². The zero-order valence-corrected chi connectivity index (χ0v) is 11.1. The van der Waals surface area contributed by atoms with Gasteiger partial charge in [0.2, 0.25) is 0 Å². The Morgan fingerprint density at radius 1 is 1.40 bits per heavy atom. The average Bonchev–Trinajstić information content (AvgIpc) is 2.85. The zero-order chi connectivity index (χ0) is 14.5. The first-order chi connectivity index (χ1) is 9.60. The lowest BCUT2D eigenvalue weighted by Gasteiger charge is -2.16. The normalized spacial score (nSPS) is 10.8. The maximum absolute atomic E-state index is 13.1. The third-order valence-corrected chi connectivity index (χ3v) is 2.88. The number of carbonyl (C=O) groups excluding carboxylic acids is 1. The highest BCUT2D eigenvalue weighted by Gasteiger charge is 2.15. The molecule has 1 amide bonds. The lowest BCUT2D eigenvalue weighted by molar-refractivity contribution is 0.0950. The molecule has 0 aliphatic rings. The third kappa shape index (κ3) is 3.43. The summed E-state index contributed by atoms with van der Waals surface area (Å²) in [6.07, 6.45) is 1.44. The van der Waals surface area contributed by atoms with Crippen LogP contribution in [0.5, 0.6) is 0 Å². The number of amides is 1. The van der Waals surface area contributed by atoms with Gasteiger partial charge in [-0.25, -0.2) is 10.2 Å². The summed E-state index contributed by atoms with van der Waals surface area (Å²) in [6.45, 7) is 0.967. The fourth-order valence-electron chi connectivity index (χ4n) is 1.99. The molecule has 5 nitrogen and oxygen atoms in total. The van der Waals surface area contributed by atoms with Crippen molar-refractivity contribution in [3.63, 3.8) is 0 Å². The Kier molecular flexibility index (Phi) is 4.49. The Morgan fingerprint density at radius 2 is 2.20 bits per heavy atom. The molecule has 106 valence electrons. The lowest BCUT2D eigenvalue weighted by Crippen LogP contribution is -2.31. The lowest BCUT2D eigenvalue weighted by atomic mass is 10.2. The molecule has 1 aromatic heterocycles. The highest BCUT2D eigenvalue weighted by molar-refractivity contribution is 5.94. The number of nitrogens with one attached hydrogen (secondary N) is 1. The van der Waals surface area contributed by atoms with Crippen LogP contribution < -0.4 is 11.3 Å². The van der Waals surface area contributed by atoms with Crippen molar-refractivity contribution in [1.29, 1.82) is 0 Å². The van der Waals surface area contributed by atoms with E-state index >= 15 is 0 Å². The van der Waals surface area contributed by atoms with Gasteiger partial charge in [-0.2, -0.15) is 0 Å². The average molecular weight is 277 g/mol. The number of nitrogen functional groups attached to an aromatic ring is 1. The van der Waals surface area contributed by atoms with Crippen LogP contribution in [0.1, 0.15) is 21.7 Å².